The van der Waals surface area contributed by atoms with Crippen molar-refractivity contribution in [3.63, 3.8) is 0 Å². The molecule has 2 saturated heterocycles. The van der Waals surface area contributed by atoms with E-state index in [1.165, 1.54) is 5.56 Å². The number of phenols is 1. The lowest BCUT2D eigenvalue weighted by molar-refractivity contribution is -0.155. The van der Waals surface area contributed by atoms with Gasteiger partial charge in [0.15, 0.2) is 0 Å². The minimum Gasteiger partial charge on any atom is -0.507 e. The van der Waals surface area contributed by atoms with Crippen LogP contribution < -0.4 is 0 Å². The molecule has 2 aliphatic heterocycles. The van der Waals surface area contributed by atoms with Gasteiger partial charge >= 0.3 is 17.9 Å². The van der Waals surface area contributed by atoms with Crippen molar-refractivity contribution in [2.24, 2.45) is 11.8 Å². The number of ether oxygens (including phenoxy) is 1. The summed E-state index contributed by atoms with van der Waals surface area (Å²) in [6.45, 7) is 30.9. The zero-order chi connectivity index (χ0) is 42.8. The fraction of sp³-hybridized carbons (Fsp3) is 0.638. The number of piperidine rings is 2. The molecule has 1 atom stereocenters. The molecule has 2 heterocycles. The monoisotopic (exact) mass is 777 g/mol. The molecule has 1 unspecified atom stereocenters. The van der Waals surface area contributed by atoms with Crippen LogP contribution in [0.25, 0.3) is 0 Å². The van der Waals surface area contributed by atoms with E-state index in [0.29, 0.717) is 25.0 Å². The van der Waals surface area contributed by atoms with E-state index >= 15 is 0 Å². The highest BCUT2D eigenvalue weighted by Gasteiger charge is 2.48. The van der Waals surface area contributed by atoms with Crippen LogP contribution in [0, 0.1) is 11.8 Å². The van der Waals surface area contributed by atoms with Crippen LogP contribution >= 0.6 is 0 Å². The van der Waals surface area contributed by atoms with E-state index in [-0.39, 0.29) is 45.0 Å². The van der Waals surface area contributed by atoms with E-state index in [1.807, 2.05) is 30.3 Å². The molecule has 9 nitrogen and oxygen atoms in total. The fourth-order valence-corrected chi connectivity index (χ4v) is 9.24. The first kappa shape index (κ1) is 46.7. The predicted octanol–water partition coefficient (Wildman–Crippen LogP) is 9.52. The van der Waals surface area contributed by atoms with Gasteiger partial charge in [-0.05, 0) is 121 Å². The van der Waals surface area contributed by atoms with Crippen LogP contribution in [-0.2, 0) is 42.9 Å². The van der Waals surface area contributed by atoms with Crippen molar-refractivity contribution < 1.29 is 34.4 Å². The number of carbonyl (C=O) groups is 3. The lowest BCUT2D eigenvalue weighted by Gasteiger charge is -2.55. The summed E-state index contributed by atoms with van der Waals surface area (Å²) in [5.74, 6) is -2.48. The Balaban J connectivity index is 0.000000307. The number of likely N-dealkylation sites (tertiary alicyclic amines) is 2. The van der Waals surface area contributed by atoms with Gasteiger partial charge in [-0.15, -0.1) is 0 Å². The molecule has 2 aromatic rings. The van der Waals surface area contributed by atoms with Gasteiger partial charge in [-0.25, -0.2) is 9.59 Å². The largest absolute Gasteiger partial charge is 0.507 e. The second-order valence-electron chi connectivity index (χ2n) is 20.9. The summed E-state index contributed by atoms with van der Waals surface area (Å²) >= 11 is 0. The minimum atomic E-state index is -1.16. The average molecular weight is 777 g/mol. The molecule has 2 aromatic carbocycles. The maximum Gasteiger partial charge on any atom is 0.331 e. The topological polar surface area (TPSA) is 128 Å². The number of aliphatic carboxylic acids is 2. The number of hydrogen-bond acceptors (Lipinski definition) is 7. The number of carboxylic acids is 2. The zero-order valence-corrected chi connectivity index (χ0v) is 37.0. The first-order valence-corrected chi connectivity index (χ1v) is 20.1. The molecule has 9 heteroatoms. The summed E-state index contributed by atoms with van der Waals surface area (Å²) in [4.78, 5) is 39.7. The Labute approximate surface area is 337 Å². The standard InChI is InChI=1S/C27H45NO3.C20H27NO4/c1-24(2,3)20-13-17(14-21(22(20)29)25(4,5)6)12-19(23(30)31)18-15-26(7,8)28(11)27(9,10)16-18;1-19(2)12-16(25-18(24)11-10-17(22)23)13-20(3,4)21(19)14-15-8-6-5-7-9-15/h13-14,18-19,29H,12,15-16H2,1-11H3,(H,30,31);5-11,16H,12-14H2,1-4H3,(H,22,23)/b;11-10-. The molecule has 2 fully saturated rings. The Bertz CT molecular complexity index is 1660. The molecule has 0 bridgehead atoms. The van der Waals surface area contributed by atoms with Crippen LogP contribution in [0.15, 0.2) is 54.6 Å². The average Bonchev–Trinajstić information content (AvgIpc) is 3.02. The summed E-state index contributed by atoms with van der Waals surface area (Å²) in [6, 6.07) is 14.4. The third kappa shape index (κ3) is 11.9. The number of rotatable bonds is 9. The van der Waals surface area contributed by atoms with Gasteiger partial charge in [0.25, 0.3) is 0 Å². The van der Waals surface area contributed by atoms with Gasteiger partial charge < -0.3 is 20.1 Å². The number of carboxylic acid groups (broad SMARTS) is 2. The van der Waals surface area contributed by atoms with E-state index < -0.39 is 23.8 Å². The molecule has 0 amide bonds. The molecule has 0 aliphatic carbocycles. The van der Waals surface area contributed by atoms with Gasteiger partial charge in [-0.1, -0.05) is 84.0 Å². The van der Waals surface area contributed by atoms with E-state index in [0.717, 1.165) is 48.2 Å². The fourth-order valence-electron chi connectivity index (χ4n) is 9.24. The molecule has 4 rings (SSSR count). The van der Waals surface area contributed by atoms with Gasteiger partial charge in [0.05, 0.1) is 5.92 Å². The lowest BCUT2D eigenvalue weighted by atomic mass is 9.68. The second kappa shape index (κ2) is 17.0. The Hall–Kier alpha value is -3.69. The van der Waals surface area contributed by atoms with E-state index in [9.17, 15) is 24.6 Å². The molecule has 0 radical (unpaired) electrons. The zero-order valence-electron chi connectivity index (χ0n) is 37.0. The highest BCUT2D eigenvalue weighted by Crippen LogP contribution is 2.46. The van der Waals surface area contributed by atoms with Crippen molar-refractivity contribution in [2.45, 2.75) is 175 Å². The number of nitrogens with zero attached hydrogens (tertiary/aromatic N) is 2. The number of esters is 1. The van der Waals surface area contributed by atoms with Crippen LogP contribution in [0.2, 0.25) is 0 Å². The summed E-state index contributed by atoms with van der Waals surface area (Å²) in [7, 11) is 2.15. The smallest absolute Gasteiger partial charge is 0.331 e. The predicted molar refractivity (Wildman–Crippen MR) is 225 cm³/mol. The number of aromatic hydroxyl groups is 1. The van der Waals surface area contributed by atoms with E-state index in [4.69, 9.17) is 9.84 Å². The van der Waals surface area contributed by atoms with E-state index in [1.54, 1.807) is 0 Å². The Kier molecular flexibility index (Phi) is 14.2. The van der Waals surface area contributed by atoms with Crippen molar-refractivity contribution in [1.82, 2.24) is 9.80 Å². The Morgan fingerprint density at radius 2 is 1.21 bits per heavy atom. The molecule has 0 saturated carbocycles. The molecular formula is C47H72N2O7. The maximum absolute atomic E-state index is 12.5. The first-order valence-electron chi connectivity index (χ1n) is 20.1. The third-order valence-corrected chi connectivity index (χ3v) is 12.2. The van der Waals surface area contributed by atoms with Crippen molar-refractivity contribution in [3.05, 3.63) is 76.9 Å². The highest BCUT2D eigenvalue weighted by atomic mass is 16.5. The van der Waals surface area contributed by atoms with E-state index in [2.05, 4.69) is 126 Å². The SMILES string of the molecule is CC1(C)CC(OC(=O)/C=C\C(=O)O)CC(C)(C)N1Cc1ccccc1.CN1C(C)(C)CC(C(Cc2cc(C(C)(C)C)c(O)c(C(C)(C)C)c2)C(=O)O)CC1(C)C. The Morgan fingerprint density at radius 3 is 1.62 bits per heavy atom. The summed E-state index contributed by atoms with van der Waals surface area (Å²) in [5.41, 5.74) is 3.18. The van der Waals surface area contributed by atoms with Crippen molar-refractivity contribution >= 4 is 17.9 Å². The van der Waals surface area contributed by atoms with Crippen molar-refractivity contribution in [2.75, 3.05) is 7.05 Å². The van der Waals surface area contributed by atoms with Crippen LogP contribution in [0.3, 0.4) is 0 Å². The van der Waals surface area contributed by atoms with Crippen LogP contribution in [0.4, 0.5) is 0 Å². The maximum atomic E-state index is 12.5. The first-order chi connectivity index (χ1) is 25.4. The third-order valence-electron chi connectivity index (χ3n) is 12.2. The highest BCUT2D eigenvalue weighted by molar-refractivity contribution is 5.90. The summed E-state index contributed by atoms with van der Waals surface area (Å²) in [6.07, 6.45) is 5.17. The lowest BCUT2D eigenvalue weighted by Crippen LogP contribution is -2.61. The second-order valence-corrected chi connectivity index (χ2v) is 20.9. The molecule has 2 aliphatic rings. The molecule has 56 heavy (non-hydrogen) atoms. The quantitative estimate of drug-likeness (QED) is 0.169. The van der Waals surface area contributed by atoms with Crippen LogP contribution in [-0.4, -0.2) is 78.3 Å². The summed E-state index contributed by atoms with van der Waals surface area (Å²) in [5, 5.41) is 29.9. The molecular weight excluding hydrogens is 705 g/mol. The van der Waals surface area contributed by atoms with Gasteiger partial charge in [0.2, 0.25) is 0 Å². The van der Waals surface area contributed by atoms with Gasteiger partial charge in [0, 0.05) is 53.7 Å². The number of carbonyl (C=O) groups excluding carboxylic acids is 1. The molecule has 312 valence electrons. The number of hydrogen-bond donors (Lipinski definition) is 3. The normalized spacial score (nSPS) is 20.8. The van der Waals surface area contributed by atoms with Gasteiger partial charge in [0.1, 0.15) is 11.9 Å². The molecule has 0 aromatic heterocycles. The Morgan fingerprint density at radius 1 is 0.750 bits per heavy atom. The van der Waals surface area contributed by atoms with Crippen molar-refractivity contribution in [1.29, 1.82) is 0 Å². The van der Waals surface area contributed by atoms with Crippen LogP contribution in [0.5, 0.6) is 5.75 Å². The van der Waals surface area contributed by atoms with Gasteiger partial charge in [-0.2, -0.15) is 0 Å². The number of phenolic OH excluding ortho intramolecular Hbond substituents is 1. The number of benzene rings is 2. The molecule has 3 N–H and O–H groups in total. The molecule has 0 spiro atoms. The van der Waals surface area contributed by atoms with Gasteiger partial charge in [-0.3, -0.25) is 14.6 Å². The summed E-state index contributed by atoms with van der Waals surface area (Å²) < 4.78 is 5.50. The van der Waals surface area contributed by atoms with Crippen molar-refractivity contribution in [3.8, 4) is 5.75 Å². The van der Waals surface area contributed by atoms with Crippen LogP contribution in [0.1, 0.15) is 145 Å². The minimum absolute atomic E-state index is 0.0534.